The van der Waals surface area contributed by atoms with E-state index in [2.05, 4.69) is 79.3 Å². The smallest absolute Gasteiger partial charge is 0.244 e. The van der Waals surface area contributed by atoms with Gasteiger partial charge in [-0.15, -0.1) is 0 Å². The van der Waals surface area contributed by atoms with Gasteiger partial charge in [0, 0.05) is 13.1 Å². The third-order valence-electron chi connectivity index (χ3n) is 7.82. The van der Waals surface area contributed by atoms with E-state index in [0.29, 0.717) is 0 Å². The molecular weight excluding hydrogens is 308 g/mol. The molecule has 2 saturated heterocycles. The summed E-state index contributed by atoms with van der Waals surface area (Å²) < 4.78 is 2.25. The van der Waals surface area contributed by atoms with Crippen LogP contribution in [0.25, 0.3) is 0 Å². The maximum absolute atomic E-state index is 2.91. The monoisotopic (exact) mass is 354 g/mol. The molecule has 0 saturated carbocycles. The minimum Gasteiger partial charge on any atom is -0.244 e. The number of likely N-dealkylation sites (N-methyl/N-ethyl adjacent to an activating group) is 2. The second kappa shape index (κ2) is 6.47. The summed E-state index contributed by atoms with van der Waals surface area (Å²) in [4.78, 5) is 5.79. The highest BCUT2D eigenvalue weighted by Crippen LogP contribution is 2.56. The Kier molecular flexibility index (Phi) is 5.47. The highest BCUT2D eigenvalue weighted by atomic mass is 15.9. The maximum Gasteiger partial charge on any atom is 0.357 e. The number of hydrogen-bond acceptors (Lipinski definition) is 2. The van der Waals surface area contributed by atoms with E-state index in [1.165, 1.54) is 52.1 Å². The Labute approximate surface area is 157 Å². The summed E-state index contributed by atoms with van der Waals surface area (Å²) >= 11 is 0. The van der Waals surface area contributed by atoms with Crippen LogP contribution in [0.1, 0.15) is 68.2 Å². The molecule has 1 unspecified atom stereocenters. The molecular formula is C21H46N4+2. The molecule has 3 atom stereocenters. The molecule has 2 aliphatic rings. The first kappa shape index (κ1) is 21.1. The van der Waals surface area contributed by atoms with E-state index in [4.69, 9.17) is 0 Å². The first-order chi connectivity index (χ1) is 11.4. The number of quaternary nitrogens is 2. The van der Waals surface area contributed by atoms with Crippen molar-refractivity contribution in [1.82, 2.24) is 9.80 Å². The molecule has 0 bridgehead atoms. The van der Waals surface area contributed by atoms with Crippen LogP contribution in [0.5, 0.6) is 0 Å². The molecule has 2 aliphatic heterocycles. The Balaban J connectivity index is 2.82. The summed E-state index contributed by atoms with van der Waals surface area (Å²) in [6, 6.07) is 0. The maximum atomic E-state index is 2.91. The SMILES string of the molecule is CCCN1CC(C)(C)[N@@+](C)(CC)C12N(CCC)C(C)(C)C[N@+]2(C)CC. The average molecular weight is 355 g/mol. The van der Waals surface area contributed by atoms with Gasteiger partial charge in [0.1, 0.15) is 12.1 Å². The summed E-state index contributed by atoms with van der Waals surface area (Å²) in [7, 11) is 5.08. The Bertz CT molecular complexity index is 488. The predicted octanol–water partition coefficient (Wildman–Crippen LogP) is 3.54. The highest BCUT2D eigenvalue weighted by molar-refractivity contribution is 5.01. The zero-order valence-electron chi connectivity index (χ0n) is 18.9. The van der Waals surface area contributed by atoms with Crippen molar-refractivity contribution in [2.24, 2.45) is 0 Å². The van der Waals surface area contributed by atoms with Crippen LogP contribution < -0.4 is 0 Å². The largest absolute Gasteiger partial charge is 0.357 e. The number of hydrogen-bond donors (Lipinski definition) is 0. The van der Waals surface area contributed by atoms with Crippen molar-refractivity contribution >= 4 is 0 Å². The minimum absolute atomic E-state index is 0.0442. The van der Waals surface area contributed by atoms with Gasteiger partial charge in [-0.3, -0.25) is 0 Å². The first-order valence-corrected chi connectivity index (χ1v) is 10.7. The number of nitrogens with zero attached hydrogens (tertiary/aromatic N) is 4. The molecule has 4 heteroatoms. The Morgan fingerprint density at radius 3 is 1.84 bits per heavy atom. The van der Waals surface area contributed by atoms with Gasteiger partial charge in [-0.2, -0.15) is 9.80 Å². The summed E-state index contributed by atoms with van der Waals surface area (Å²) in [6.07, 6.45) is 2.45. The second-order valence-electron chi connectivity index (χ2n) is 10.2. The van der Waals surface area contributed by atoms with Gasteiger partial charge in [-0.1, -0.05) is 13.8 Å². The Hall–Kier alpha value is -0.160. The molecule has 0 aromatic carbocycles. The van der Waals surface area contributed by atoms with Crippen LogP contribution in [0, 0.1) is 0 Å². The molecule has 0 aliphatic carbocycles. The predicted molar refractivity (Wildman–Crippen MR) is 108 cm³/mol. The van der Waals surface area contributed by atoms with Gasteiger partial charge < -0.3 is 0 Å². The highest BCUT2D eigenvalue weighted by Gasteiger charge is 2.82. The lowest BCUT2D eigenvalue weighted by atomic mass is 10.0. The molecule has 2 fully saturated rings. The van der Waals surface area contributed by atoms with Gasteiger partial charge in [0.05, 0.1) is 39.3 Å². The van der Waals surface area contributed by atoms with Crippen LogP contribution in [0.3, 0.4) is 0 Å². The van der Waals surface area contributed by atoms with Crippen molar-refractivity contribution in [3.63, 3.8) is 0 Å². The first-order valence-electron chi connectivity index (χ1n) is 10.7. The standard InChI is InChI=1S/C21H46N4/c1-11-15-22-17-20(7,8)25(10,14-4)21(22)23(16-12-2)19(5,6)18-24(21,9)13-3/h11-18H2,1-10H3/q+2/t21?,24-,25+/m0/s1. The van der Waals surface area contributed by atoms with E-state index in [1.807, 2.05) is 0 Å². The molecule has 1 spiro atoms. The average Bonchev–Trinajstić information content (AvgIpc) is 2.81. The zero-order valence-corrected chi connectivity index (χ0v) is 18.9. The molecule has 0 aromatic heterocycles. The Morgan fingerprint density at radius 1 is 0.840 bits per heavy atom. The van der Waals surface area contributed by atoms with E-state index in [-0.39, 0.29) is 17.0 Å². The Morgan fingerprint density at radius 2 is 1.40 bits per heavy atom. The fourth-order valence-corrected chi connectivity index (χ4v) is 6.64. The van der Waals surface area contributed by atoms with E-state index < -0.39 is 0 Å². The van der Waals surface area contributed by atoms with E-state index >= 15 is 0 Å². The van der Waals surface area contributed by atoms with Crippen LogP contribution in [0.15, 0.2) is 0 Å². The van der Waals surface area contributed by atoms with Gasteiger partial charge >= 0.3 is 5.91 Å². The fourth-order valence-electron chi connectivity index (χ4n) is 6.64. The van der Waals surface area contributed by atoms with Crippen molar-refractivity contribution in [2.45, 2.75) is 85.2 Å². The summed E-state index contributed by atoms with van der Waals surface area (Å²) in [5.41, 5.74) is 0.479. The fraction of sp³-hybridized carbons (Fsp3) is 1.00. The van der Waals surface area contributed by atoms with Gasteiger partial charge in [0.25, 0.3) is 0 Å². The van der Waals surface area contributed by atoms with Crippen LogP contribution in [0.2, 0.25) is 0 Å². The molecule has 0 aromatic rings. The van der Waals surface area contributed by atoms with Gasteiger partial charge in [0.15, 0.2) is 0 Å². The molecule has 148 valence electrons. The normalized spacial score (nSPS) is 41.0. The quantitative estimate of drug-likeness (QED) is 0.673. The molecule has 4 nitrogen and oxygen atoms in total. The number of rotatable bonds is 6. The minimum atomic E-state index is 0.0442. The molecule has 2 heterocycles. The lowest BCUT2D eigenvalue weighted by molar-refractivity contribution is -1.17. The van der Waals surface area contributed by atoms with Gasteiger partial charge in [-0.25, -0.2) is 8.97 Å². The van der Waals surface area contributed by atoms with Crippen molar-refractivity contribution in [1.29, 1.82) is 0 Å². The van der Waals surface area contributed by atoms with Gasteiger partial charge in [0.2, 0.25) is 0 Å². The molecule has 0 N–H and O–H groups in total. The van der Waals surface area contributed by atoms with E-state index in [0.717, 1.165) is 8.97 Å². The summed E-state index contributed by atoms with van der Waals surface area (Å²) in [5.74, 6) is 0.0442. The van der Waals surface area contributed by atoms with Crippen molar-refractivity contribution in [3.05, 3.63) is 0 Å². The molecule has 0 radical (unpaired) electrons. The van der Waals surface area contributed by atoms with Crippen molar-refractivity contribution in [3.8, 4) is 0 Å². The zero-order chi connectivity index (χ0) is 19.3. The topological polar surface area (TPSA) is 6.48 Å². The lowest BCUT2D eigenvalue weighted by Crippen LogP contribution is -2.83. The van der Waals surface area contributed by atoms with Crippen LogP contribution in [-0.2, 0) is 0 Å². The summed E-state index contributed by atoms with van der Waals surface area (Å²) in [5, 5.41) is 0. The van der Waals surface area contributed by atoms with E-state index in [9.17, 15) is 0 Å². The summed E-state index contributed by atoms with van der Waals surface area (Å²) in [6.45, 7) is 26.6. The second-order valence-corrected chi connectivity index (χ2v) is 10.2. The molecule has 0 amide bonds. The van der Waals surface area contributed by atoms with E-state index in [1.54, 1.807) is 0 Å². The molecule has 2 rings (SSSR count). The van der Waals surface area contributed by atoms with Crippen LogP contribution >= 0.6 is 0 Å². The van der Waals surface area contributed by atoms with Crippen LogP contribution in [0.4, 0.5) is 0 Å². The van der Waals surface area contributed by atoms with Crippen molar-refractivity contribution in [2.75, 3.05) is 53.4 Å². The van der Waals surface area contributed by atoms with Crippen LogP contribution in [-0.4, -0.2) is 89.1 Å². The van der Waals surface area contributed by atoms with Gasteiger partial charge in [-0.05, 0) is 54.4 Å². The lowest BCUT2D eigenvalue weighted by Gasteiger charge is -2.58. The molecule has 25 heavy (non-hydrogen) atoms. The third kappa shape index (κ3) is 2.47. The third-order valence-corrected chi connectivity index (χ3v) is 7.82. The van der Waals surface area contributed by atoms with Crippen molar-refractivity contribution < 1.29 is 8.97 Å².